The average Bonchev–Trinajstić information content (AvgIpc) is 2.58. The molecule has 0 aliphatic heterocycles. The van der Waals surface area contributed by atoms with Gasteiger partial charge in [0.05, 0.1) is 29.3 Å². The zero-order chi connectivity index (χ0) is 16.7. The van der Waals surface area contributed by atoms with E-state index in [1.165, 1.54) is 0 Å². The molecule has 23 heavy (non-hydrogen) atoms. The second-order valence-corrected chi connectivity index (χ2v) is 5.01. The summed E-state index contributed by atoms with van der Waals surface area (Å²) in [4.78, 5) is 12.8. The quantitative estimate of drug-likeness (QED) is 0.886. The van der Waals surface area contributed by atoms with Crippen LogP contribution in [0.2, 0.25) is 0 Å². The lowest BCUT2D eigenvalue weighted by Crippen LogP contribution is -2.26. The predicted molar refractivity (Wildman–Crippen MR) is 85.6 cm³/mol. The number of carbonyl (C=O) groups is 1. The van der Waals surface area contributed by atoms with E-state index in [2.05, 4.69) is 12.1 Å². The molecule has 0 saturated carbocycles. The summed E-state index contributed by atoms with van der Waals surface area (Å²) >= 11 is 0. The largest absolute Gasteiger partial charge is 0.481 e. The highest BCUT2D eigenvalue weighted by Gasteiger charge is 2.13. The number of benzene rings is 2. The Balaban J connectivity index is 2.32. The maximum atomic E-state index is 10.9. The molecule has 0 bridgehead atoms. The molecule has 0 radical (unpaired) electrons. The minimum Gasteiger partial charge on any atom is -0.481 e. The summed E-state index contributed by atoms with van der Waals surface area (Å²) in [6, 6.07) is 18.5. The van der Waals surface area contributed by atoms with Crippen molar-refractivity contribution in [2.45, 2.75) is 13.0 Å². The van der Waals surface area contributed by atoms with Crippen molar-refractivity contribution in [2.75, 3.05) is 11.4 Å². The molecule has 0 aliphatic rings. The molecule has 0 saturated heterocycles. The van der Waals surface area contributed by atoms with E-state index in [0.29, 0.717) is 23.4 Å². The van der Waals surface area contributed by atoms with Gasteiger partial charge in [-0.05, 0) is 29.8 Å². The zero-order valence-electron chi connectivity index (χ0n) is 12.4. The SMILES string of the molecule is N#Cc1cccc(CN(CCC(=O)O)c2ccccc2C#N)c1. The van der Waals surface area contributed by atoms with Crippen molar-refractivity contribution in [1.29, 1.82) is 10.5 Å². The van der Waals surface area contributed by atoms with Gasteiger partial charge < -0.3 is 10.0 Å². The van der Waals surface area contributed by atoms with Crippen molar-refractivity contribution in [3.63, 3.8) is 0 Å². The first kappa shape index (κ1) is 16.1. The third-order valence-electron chi connectivity index (χ3n) is 3.39. The van der Waals surface area contributed by atoms with Gasteiger partial charge in [-0.3, -0.25) is 4.79 Å². The van der Waals surface area contributed by atoms with Gasteiger partial charge in [-0.25, -0.2) is 0 Å². The molecule has 5 heteroatoms. The van der Waals surface area contributed by atoms with Gasteiger partial charge in [0.1, 0.15) is 6.07 Å². The van der Waals surface area contributed by atoms with Crippen molar-refractivity contribution in [3.05, 3.63) is 65.2 Å². The van der Waals surface area contributed by atoms with Gasteiger partial charge in [0.25, 0.3) is 0 Å². The van der Waals surface area contributed by atoms with Crippen LogP contribution in [0.1, 0.15) is 23.1 Å². The number of para-hydroxylation sites is 1. The van der Waals surface area contributed by atoms with Crippen molar-refractivity contribution in [1.82, 2.24) is 0 Å². The molecule has 2 rings (SSSR count). The summed E-state index contributed by atoms with van der Waals surface area (Å²) in [6.07, 6.45) is -0.0301. The first-order valence-corrected chi connectivity index (χ1v) is 7.09. The fraction of sp³-hybridized carbons (Fsp3) is 0.167. The summed E-state index contributed by atoms with van der Waals surface area (Å²) in [6.45, 7) is 0.715. The highest BCUT2D eigenvalue weighted by molar-refractivity contribution is 5.68. The van der Waals surface area contributed by atoms with E-state index in [9.17, 15) is 10.1 Å². The lowest BCUT2D eigenvalue weighted by Gasteiger charge is -2.25. The van der Waals surface area contributed by atoms with Gasteiger partial charge in [0.2, 0.25) is 0 Å². The summed E-state index contributed by atoms with van der Waals surface area (Å²) in [5.74, 6) is -0.893. The van der Waals surface area contributed by atoms with Crippen LogP contribution < -0.4 is 4.90 Å². The molecule has 114 valence electrons. The maximum absolute atomic E-state index is 10.9. The van der Waals surface area contributed by atoms with Crippen molar-refractivity contribution in [3.8, 4) is 12.1 Å². The summed E-state index contributed by atoms with van der Waals surface area (Å²) < 4.78 is 0. The van der Waals surface area contributed by atoms with Crippen LogP contribution in [0.3, 0.4) is 0 Å². The van der Waals surface area contributed by atoms with E-state index in [4.69, 9.17) is 10.4 Å². The number of rotatable bonds is 6. The smallest absolute Gasteiger partial charge is 0.305 e. The summed E-state index contributed by atoms with van der Waals surface area (Å²) in [5, 5.41) is 27.2. The number of carboxylic acids is 1. The molecular formula is C18H15N3O2. The number of hydrogen-bond donors (Lipinski definition) is 1. The minimum absolute atomic E-state index is 0.0301. The van der Waals surface area contributed by atoms with E-state index < -0.39 is 5.97 Å². The van der Waals surface area contributed by atoms with Crippen LogP contribution in [0.4, 0.5) is 5.69 Å². The van der Waals surface area contributed by atoms with Crippen LogP contribution in [0.15, 0.2) is 48.5 Å². The van der Waals surface area contributed by atoms with Crippen LogP contribution in [0.5, 0.6) is 0 Å². The van der Waals surface area contributed by atoms with Crippen molar-refractivity contribution in [2.24, 2.45) is 0 Å². The molecular weight excluding hydrogens is 290 g/mol. The van der Waals surface area contributed by atoms with Crippen LogP contribution in [-0.4, -0.2) is 17.6 Å². The third kappa shape index (κ3) is 4.33. The van der Waals surface area contributed by atoms with E-state index in [0.717, 1.165) is 5.56 Å². The number of hydrogen-bond acceptors (Lipinski definition) is 4. The third-order valence-corrected chi connectivity index (χ3v) is 3.39. The van der Waals surface area contributed by atoms with E-state index in [-0.39, 0.29) is 13.0 Å². The zero-order valence-corrected chi connectivity index (χ0v) is 12.4. The topological polar surface area (TPSA) is 88.1 Å². The lowest BCUT2D eigenvalue weighted by molar-refractivity contribution is -0.136. The number of carboxylic acid groups (broad SMARTS) is 1. The molecule has 0 spiro atoms. The Morgan fingerprint density at radius 1 is 1.09 bits per heavy atom. The van der Waals surface area contributed by atoms with Crippen LogP contribution >= 0.6 is 0 Å². The molecule has 0 atom stereocenters. The fourth-order valence-corrected chi connectivity index (χ4v) is 2.32. The Morgan fingerprint density at radius 3 is 2.57 bits per heavy atom. The van der Waals surface area contributed by atoms with Crippen LogP contribution in [0.25, 0.3) is 0 Å². The number of anilines is 1. The average molecular weight is 305 g/mol. The molecule has 0 aromatic heterocycles. The fourth-order valence-electron chi connectivity index (χ4n) is 2.32. The first-order chi connectivity index (χ1) is 11.1. The Labute approximate surface area is 134 Å². The summed E-state index contributed by atoms with van der Waals surface area (Å²) in [5.41, 5.74) is 2.63. The Hall–Kier alpha value is -3.31. The molecule has 0 fully saturated rings. The molecule has 1 N–H and O–H groups in total. The highest BCUT2D eigenvalue weighted by atomic mass is 16.4. The molecule has 0 aliphatic carbocycles. The van der Waals surface area contributed by atoms with Crippen molar-refractivity contribution < 1.29 is 9.90 Å². The highest BCUT2D eigenvalue weighted by Crippen LogP contribution is 2.22. The molecule has 5 nitrogen and oxygen atoms in total. The molecule has 2 aromatic rings. The van der Waals surface area contributed by atoms with Gasteiger partial charge in [-0.1, -0.05) is 24.3 Å². The second kappa shape index (κ2) is 7.63. The lowest BCUT2D eigenvalue weighted by atomic mass is 10.1. The van der Waals surface area contributed by atoms with Gasteiger partial charge in [0, 0.05) is 13.1 Å². The van der Waals surface area contributed by atoms with Crippen LogP contribution in [-0.2, 0) is 11.3 Å². The van der Waals surface area contributed by atoms with E-state index in [1.807, 2.05) is 17.0 Å². The van der Waals surface area contributed by atoms with E-state index >= 15 is 0 Å². The molecule has 2 aromatic carbocycles. The van der Waals surface area contributed by atoms with Gasteiger partial charge in [-0.2, -0.15) is 10.5 Å². The van der Waals surface area contributed by atoms with Crippen molar-refractivity contribution >= 4 is 11.7 Å². The normalized spacial score (nSPS) is 9.65. The van der Waals surface area contributed by atoms with Gasteiger partial charge >= 0.3 is 5.97 Å². The van der Waals surface area contributed by atoms with E-state index in [1.54, 1.807) is 36.4 Å². The van der Waals surface area contributed by atoms with Crippen LogP contribution in [0, 0.1) is 22.7 Å². The Kier molecular flexibility index (Phi) is 5.33. The number of nitrogens with zero attached hydrogens (tertiary/aromatic N) is 3. The minimum atomic E-state index is -0.893. The summed E-state index contributed by atoms with van der Waals surface area (Å²) in [7, 11) is 0. The Morgan fingerprint density at radius 2 is 1.87 bits per heavy atom. The Bertz CT molecular complexity index is 787. The first-order valence-electron chi connectivity index (χ1n) is 7.09. The number of aliphatic carboxylic acids is 1. The van der Waals surface area contributed by atoms with Gasteiger partial charge in [0.15, 0.2) is 0 Å². The second-order valence-electron chi connectivity index (χ2n) is 5.01. The molecule has 0 amide bonds. The maximum Gasteiger partial charge on any atom is 0.305 e. The van der Waals surface area contributed by atoms with Gasteiger partial charge in [-0.15, -0.1) is 0 Å². The molecule has 0 unspecified atom stereocenters. The monoisotopic (exact) mass is 305 g/mol. The predicted octanol–water partition coefficient (Wildman–Crippen LogP) is 2.91. The number of nitriles is 2. The standard InChI is InChI=1S/C18H15N3O2/c19-11-14-4-3-5-15(10-14)13-21(9-8-18(22)23)17-7-2-1-6-16(17)12-20/h1-7,10H,8-9,13H2,(H,22,23). The molecule has 0 heterocycles.